The van der Waals surface area contributed by atoms with Crippen molar-refractivity contribution in [3.8, 4) is 0 Å². The third kappa shape index (κ3) is 2.96. The molecule has 1 saturated heterocycles. The van der Waals surface area contributed by atoms with Gasteiger partial charge in [0.1, 0.15) is 6.04 Å². The Morgan fingerprint density at radius 2 is 2.09 bits per heavy atom. The maximum Gasteiger partial charge on any atom is 0.322 e. The van der Waals surface area contributed by atoms with Crippen molar-refractivity contribution in [3.05, 3.63) is 52.2 Å². The number of carbonyl (C=O) groups is 2. The molecule has 0 radical (unpaired) electrons. The lowest BCUT2D eigenvalue weighted by molar-refractivity contribution is -0.127. The van der Waals surface area contributed by atoms with Crippen LogP contribution in [0.2, 0.25) is 0 Å². The molecule has 2 aromatic rings. The largest absolute Gasteiger partial charge is 0.352 e. The molecule has 3 amide bonds. The van der Waals surface area contributed by atoms with Gasteiger partial charge in [0.15, 0.2) is 0 Å². The molecule has 1 atom stereocenters. The molecule has 1 unspecified atom stereocenters. The number of benzene rings is 1. The molecule has 2 heterocycles. The van der Waals surface area contributed by atoms with E-state index in [1.54, 1.807) is 4.90 Å². The average molecular weight is 315 g/mol. The molecule has 0 spiro atoms. The molecule has 5 nitrogen and oxygen atoms in total. The van der Waals surface area contributed by atoms with Gasteiger partial charge in [0.05, 0.1) is 0 Å². The molecule has 0 aliphatic carbocycles. The molecule has 1 aliphatic rings. The van der Waals surface area contributed by atoms with E-state index in [2.05, 4.69) is 10.6 Å². The third-order valence-corrected chi connectivity index (χ3v) is 4.51. The van der Waals surface area contributed by atoms with Crippen LogP contribution in [-0.2, 0) is 4.79 Å². The summed E-state index contributed by atoms with van der Waals surface area (Å²) in [6.07, 6.45) is 0. The molecule has 1 aliphatic heterocycles. The fraction of sp³-hybridized carbons (Fsp3) is 0.250. The summed E-state index contributed by atoms with van der Waals surface area (Å²) in [5.41, 5.74) is 1.86. The summed E-state index contributed by atoms with van der Waals surface area (Å²) < 4.78 is 0. The van der Waals surface area contributed by atoms with E-state index in [0.717, 1.165) is 16.1 Å². The molecule has 6 heteroatoms. The quantitative estimate of drug-likeness (QED) is 0.895. The van der Waals surface area contributed by atoms with Crippen LogP contribution >= 0.6 is 11.3 Å². The molecular weight excluding hydrogens is 298 g/mol. The van der Waals surface area contributed by atoms with Gasteiger partial charge in [-0.1, -0.05) is 23.8 Å². The van der Waals surface area contributed by atoms with Gasteiger partial charge in [0.2, 0.25) is 5.91 Å². The lowest BCUT2D eigenvalue weighted by Crippen LogP contribution is -2.53. The monoisotopic (exact) mass is 315 g/mol. The molecule has 114 valence electrons. The van der Waals surface area contributed by atoms with Crippen LogP contribution in [0, 0.1) is 6.92 Å². The van der Waals surface area contributed by atoms with E-state index >= 15 is 0 Å². The molecule has 22 heavy (non-hydrogen) atoms. The first-order valence-electron chi connectivity index (χ1n) is 7.10. The number of piperazine rings is 1. The van der Waals surface area contributed by atoms with Gasteiger partial charge in [0.25, 0.3) is 0 Å². The lowest BCUT2D eigenvalue weighted by Gasteiger charge is -2.34. The number of anilines is 1. The number of urea groups is 1. The Balaban J connectivity index is 1.79. The summed E-state index contributed by atoms with van der Waals surface area (Å²) in [4.78, 5) is 27.2. The Bertz CT molecular complexity index is 667. The summed E-state index contributed by atoms with van der Waals surface area (Å²) in [7, 11) is 0. The lowest BCUT2D eigenvalue weighted by atomic mass is 10.1. The SMILES string of the molecule is Cc1ccc(NC(=O)N2CCNC(=O)C2c2cccs2)cc1. The van der Waals surface area contributed by atoms with E-state index in [-0.39, 0.29) is 11.9 Å². The van der Waals surface area contributed by atoms with Crippen LogP contribution in [-0.4, -0.2) is 29.9 Å². The second kappa shape index (κ2) is 6.19. The van der Waals surface area contributed by atoms with Gasteiger partial charge in [-0.15, -0.1) is 11.3 Å². The van der Waals surface area contributed by atoms with Gasteiger partial charge >= 0.3 is 6.03 Å². The number of aryl methyl sites for hydroxylation is 1. The van der Waals surface area contributed by atoms with Crippen LogP contribution in [0.25, 0.3) is 0 Å². The highest BCUT2D eigenvalue weighted by atomic mass is 32.1. The highest BCUT2D eigenvalue weighted by Gasteiger charge is 2.35. The van der Waals surface area contributed by atoms with Crippen molar-refractivity contribution in [2.24, 2.45) is 0 Å². The highest BCUT2D eigenvalue weighted by molar-refractivity contribution is 7.10. The van der Waals surface area contributed by atoms with E-state index in [1.165, 1.54) is 11.3 Å². The number of rotatable bonds is 2. The van der Waals surface area contributed by atoms with Gasteiger partial charge in [-0.05, 0) is 30.5 Å². The number of carbonyl (C=O) groups excluding carboxylic acids is 2. The third-order valence-electron chi connectivity index (χ3n) is 3.59. The zero-order chi connectivity index (χ0) is 15.5. The second-order valence-electron chi connectivity index (χ2n) is 5.20. The Kier molecular flexibility index (Phi) is 4.11. The van der Waals surface area contributed by atoms with E-state index in [9.17, 15) is 9.59 Å². The predicted molar refractivity (Wildman–Crippen MR) is 87.0 cm³/mol. The minimum Gasteiger partial charge on any atom is -0.352 e. The normalized spacial score (nSPS) is 18.0. The average Bonchev–Trinajstić information content (AvgIpc) is 3.03. The molecule has 1 fully saturated rings. The predicted octanol–water partition coefficient (Wildman–Crippen LogP) is 2.76. The van der Waals surface area contributed by atoms with Gasteiger partial charge < -0.3 is 15.5 Å². The van der Waals surface area contributed by atoms with Crippen molar-refractivity contribution in [1.29, 1.82) is 0 Å². The molecule has 3 rings (SSSR count). The Morgan fingerprint density at radius 1 is 1.32 bits per heavy atom. The van der Waals surface area contributed by atoms with Gasteiger partial charge in [0, 0.05) is 23.7 Å². The standard InChI is InChI=1S/C16H17N3O2S/c1-11-4-6-12(7-5-11)18-16(21)19-9-8-17-15(20)14(19)13-3-2-10-22-13/h2-7,10,14H,8-9H2,1H3,(H,17,20)(H,18,21). The first-order valence-corrected chi connectivity index (χ1v) is 7.98. The first-order chi connectivity index (χ1) is 10.6. The summed E-state index contributed by atoms with van der Waals surface area (Å²) in [6, 6.07) is 10.6. The van der Waals surface area contributed by atoms with Crippen LogP contribution < -0.4 is 10.6 Å². The van der Waals surface area contributed by atoms with Crippen LogP contribution in [0.15, 0.2) is 41.8 Å². The molecule has 1 aromatic heterocycles. The number of nitrogens with one attached hydrogen (secondary N) is 2. The fourth-order valence-electron chi connectivity index (χ4n) is 2.45. The van der Waals surface area contributed by atoms with Crippen molar-refractivity contribution >= 4 is 29.0 Å². The molecule has 2 N–H and O–H groups in total. The maximum atomic E-state index is 12.5. The zero-order valence-corrected chi connectivity index (χ0v) is 13.0. The summed E-state index contributed by atoms with van der Waals surface area (Å²) in [5, 5.41) is 7.60. The van der Waals surface area contributed by atoms with Crippen molar-refractivity contribution in [3.63, 3.8) is 0 Å². The number of hydrogen-bond donors (Lipinski definition) is 2. The fourth-order valence-corrected chi connectivity index (χ4v) is 3.28. The van der Waals surface area contributed by atoms with Gasteiger partial charge in [-0.2, -0.15) is 0 Å². The molecule has 0 saturated carbocycles. The van der Waals surface area contributed by atoms with E-state index in [0.29, 0.717) is 13.1 Å². The number of nitrogens with zero attached hydrogens (tertiary/aromatic N) is 1. The van der Waals surface area contributed by atoms with Crippen molar-refractivity contribution < 1.29 is 9.59 Å². The minimum atomic E-state index is -0.556. The van der Waals surface area contributed by atoms with E-state index in [1.807, 2.05) is 48.7 Å². The summed E-state index contributed by atoms with van der Waals surface area (Å²) in [6.45, 7) is 2.96. The van der Waals surface area contributed by atoms with Crippen LogP contribution in [0.4, 0.5) is 10.5 Å². The Labute approximate surface area is 132 Å². The zero-order valence-electron chi connectivity index (χ0n) is 12.2. The van der Waals surface area contributed by atoms with Gasteiger partial charge in [-0.25, -0.2) is 4.79 Å². The maximum absolute atomic E-state index is 12.5. The second-order valence-corrected chi connectivity index (χ2v) is 6.18. The van der Waals surface area contributed by atoms with Gasteiger partial charge in [-0.3, -0.25) is 4.79 Å². The molecule has 1 aromatic carbocycles. The van der Waals surface area contributed by atoms with E-state index in [4.69, 9.17) is 0 Å². The smallest absolute Gasteiger partial charge is 0.322 e. The number of thiophene rings is 1. The number of amides is 3. The number of hydrogen-bond acceptors (Lipinski definition) is 3. The summed E-state index contributed by atoms with van der Waals surface area (Å²) in [5.74, 6) is -0.132. The Hall–Kier alpha value is -2.34. The first kappa shape index (κ1) is 14.6. The Morgan fingerprint density at radius 3 is 2.77 bits per heavy atom. The van der Waals surface area contributed by atoms with E-state index < -0.39 is 6.04 Å². The van der Waals surface area contributed by atoms with Crippen LogP contribution in [0.5, 0.6) is 0 Å². The minimum absolute atomic E-state index is 0.132. The summed E-state index contributed by atoms with van der Waals surface area (Å²) >= 11 is 1.48. The van der Waals surface area contributed by atoms with Crippen molar-refractivity contribution in [1.82, 2.24) is 10.2 Å². The molecule has 0 bridgehead atoms. The topological polar surface area (TPSA) is 61.4 Å². The van der Waals surface area contributed by atoms with Crippen molar-refractivity contribution in [2.75, 3.05) is 18.4 Å². The van der Waals surface area contributed by atoms with Crippen LogP contribution in [0.3, 0.4) is 0 Å². The highest BCUT2D eigenvalue weighted by Crippen LogP contribution is 2.27. The van der Waals surface area contributed by atoms with Crippen LogP contribution in [0.1, 0.15) is 16.5 Å². The molecular formula is C16H17N3O2S. The van der Waals surface area contributed by atoms with Crippen molar-refractivity contribution in [2.45, 2.75) is 13.0 Å².